The van der Waals surface area contributed by atoms with Gasteiger partial charge in [0, 0.05) is 0 Å². The first-order valence-corrected chi connectivity index (χ1v) is 14.4. The third-order valence-corrected chi connectivity index (χ3v) is 7.39. The maximum Gasteiger partial charge on any atom is 0.417 e. The molecule has 0 saturated heterocycles. The number of aliphatic carboxylic acids is 1. The number of anilines is 1. The standard InChI is InChI=1S/C16H14F5N5O5S.C7H4Cl3NO3/c1-29-10-6-22-15(30-2)26-13(10)23-14(24-26)25-32(27,28)12-8(16(19,20)21)4-3-5-9(12)31-7-11(17)18;8-3-1-4(9)7(11-6(3)10)14-2-5(12)13/h3-6,11H,7H2,1-2H3,(H,24,25);1H,2H2,(H,12,13). The lowest BCUT2D eigenvalue weighted by Gasteiger charge is -2.17. The third-order valence-electron chi connectivity index (χ3n) is 5.03. The molecule has 3 heterocycles. The smallest absolute Gasteiger partial charge is 0.417 e. The molecule has 4 aromatic rings. The number of sulfonamides is 1. The van der Waals surface area contributed by atoms with Gasteiger partial charge in [0.05, 0.1) is 31.0 Å². The fraction of sp³-hybridized carbons (Fsp3) is 0.261. The fourth-order valence-corrected chi connectivity index (χ4v) is 5.11. The van der Waals surface area contributed by atoms with Gasteiger partial charge in [0.25, 0.3) is 22.4 Å². The monoisotopic (exact) mass is 738 g/mol. The molecule has 0 unspecified atom stereocenters. The molecule has 23 heteroatoms. The Bertz CT molecular complexity index is 1790. The molecular weight excluding hydrogens is 722 g/mol. The van der Waals surface area contributed by atoms with E-state index in [0.717, 1.165) is 16.6 Å². The number of pyridine rings is 1. The third kappa shape index (κ3) is 8.98. The summed E-state index contributed by atoms with van der Waals surface area (Å²) in [4.78, 5) is 20.2. The number of hydrogen-bond acceptors (Lipinski definition) is 11. The number of nitrogens with one attached hydrogen (secondary N) is 1. The van der Waals surface area contributed by atoms with Gasteiger partial charge in [-0.25, -0.2) is 26.7 Å². The Morgan fingerprint density at radius 1 is 1.07 bits per heavy atom. The SMILES string of the molecule is COc1cnc(OC)n2nc(NS(=O)(=O)c3c(OCC(F)F)cccc3C(F)(F)F)nc12.O=C(O)COc1nc(Cl)c(Cl)cc1Cl. The van der Waals surface area contributed by atoms with Gasteiger partial charge in [-0.05, 0) is 18.2 Å². The van der Waals surface area contributed by atoms with Gasteiger partial charge in [0.1, 0.15) is 22.3 Å². The van der Waals surface area contributed by atoms with Gasteiger partial charge in [-0.15, -0.1) is 5.10 Å². The van der Waals surface area contributed by atoms with Crippen LogP contribution in [0, 0.1) is 0 Å². The van der Waals surface area contributed by atoms with E-state index in [-0.39, 0.29) is 38.5 Å². The molecule has 2 N–H and O–H groups in total. The largest absolute Gasteiger partial charge is 0.491 e. The second-order valence-electron chi connectivity index (χ2n) is 8.15. The first kappa shape index (κ1) is 36.3. The van der Waals surface area contributed by atoms with E-state index < -0.39 is 64.0 Å². The van der Waals surface area contributed by atoms with Crippen molar-refractivity contribution < 1.29 is 59.2 Å². The number of alkyl halides is 5. The highest BCUT2D eigenvalue weighted by molar-refractivity contribution is 7.92. The second kappa shape index (κ2) is 15.0. The molecule has 14 nitrogen and oxygen atoms in total. The lowest BCUT2D eigenvalue weighted by atomic mass is 10.2. The zero-order valence-electron chi connectivity index (χ0n) is 22.9. The molecule has 0 spiro atoms. The van der Waals surface area contributed by atoms with Crippen LogP contribution in [0.25, 0.3) is 5.65 Å². The van der Waals surface area contributed by atoms with Crippen LogP contribution in [0.15, 0.2) is 35.4 Å². The number of carboxylic acid groups (broad SMARTS) is 1. The van der Waals surface area contributed by atoms with Crippen molar-refractivity contribution in [3.63, 3.8) is 0 Å². The summed E-state index contributed by atoms with van der Waals surface area (Å²) in [5, 5.41) is 12.4. The van der Waals surface area contributed by atoms with Crippen LogP contribution >= 0.6 is 34.8 Å². The van der Waals surface area contributed by atoms with E-state index in [2.05, 4.69) is 24.8 Å². The van der Waals surface area contributed by atoms with Crippen molar-refractivity contribution in [3.05, 3.63) is 51.2 Å². The number of hydrogen-bond donors (Lipinski definition) is 2. The van der Waals surface area contributed by atoms with Crippen LogP contribution in [0.4, 0.5) is 27.9 Å². The number of carboxylic acids is 1. The normalized spacial score (nSPS) is 11.5. The van der Waals surface area contributed by atoms with Gasteiger partial charge in [0.2, 0.25) is 11.5 Å². The number of rotatable bonds is 11. The summed E-state index contributed by atoms with van der Waals surface area (Å²) < 4.78 is 113. The van der Waals surface area contributed by atoms with E-state index in [0.29, 0.717) is 6.07 Å². The van der Waals surface area contributed by atoms with Gasteiger partial charge in [-0.1, -0.05) is 40.9 Å². The number of nitrogens with zero attached hydrogens (tertiary/aromatic N) is 5. The van der Waals surface area contributed by atoms with Crippen molar-refractivity contribution in [1.82, 2.24) is 24.6 Å². The van der Waals surface area contributed by atoms with Gasteiger partial charge in [0.15, 0.2) is 17.5 Å². The van der Waals surface area contributed by atoms with E-state index in [1.807, 2.05) is 0 Å². The molecule has 0 radical (unpaired) electrons. The van der Waals surface area contributed by atoms with Crippen molar-refractivity contribution in [2.75, 3.05) is 32.2 Å². The Morgan fingerprint density at radius 3 is 2.35 bits per heavy atom. The molecule has 0 aliphatic heterocycles. The maximum atomic E-state index is 13.5. The van der Waals surface area contributed by atoms with Crippen LogP contribution in [-0.2, 0) is 21.0 Å². The van der Waals surface area contributed by atoms with Crippen molar-refractivity contribution in [1.29, 1.82) is 0 Å². The molecule has 0 aliphatic rings. The van der Waals surface area contributed by atoms with E-state index >= 15 is 0 Å². The summed E-state index contributed by atoms with van der Waals surface area (Å²) in [5.74, 6) is -2.71. The van der Waals surface area contributed by atoms with E-state index in [4.69, 9.17) is 54.1 Å². The summed E-state index contributed by atoms with van der Waals surface area (Å²) in [5.41, 5.74) is -1.69. The number of aromatic nitrogens is 5. The predicted molar refractivity (Wildman–Crippen MR) is 150 cm³/mol. The molecule has 250 valence electrons. The number of benzene rings is 1. The van der Waals surface area contributed by atoms with Gasteiger partial charge in [-0.2, -0.15) is 32.6 Å². The molecule has 0 amide bonds. The lowest BCUT2D eigenvalue weighted by Crippen LogP contribution is -2.21. The van der Waals surface area contributed by atoms with Crippen molar-refractivity contribution >= 4 is 62.4 Å². The highest BCUT2D eigenvalue weighted by Crippen LogP contribution is 2.39. The zero-order valence-corrected chi connectivity index (χ0v) is 25.9. The maximum absolute atomic E-state index is 13.5. The van der Waals surface area contributed by atoms with Crippen LogP contribution in [0.1, 0.15) is 5.56 Å². The Kier molecular flexibility index (Phi) is 11.8. The minimum atomic E-state index is -5.14. The first-order valence-electron chi connectivity index (χ1n) is 11.8. The Labute approximate surface area is 270 Å². The number of ether oxygens (including phenoxy) is 4. The summed E-state index contributed by atoms with van der Waals surface area (Å²) >= 11 is 16.8. The molecule has 46 heavy (non-hydrogen) atoms. The van der Waals surface area contributed by atoms with Crippen LogP contribution in [0.3, 0.4) is 0 Å². The summed E-state index contributed by atoms with van der Waals surface area (Å²) in [6, 6.07) is 3.31. The fourth-order valence-electron chi connectivity index (χ4n) is 3.27. The number of fused-ring (bicyclic) bond motifs is 1. The van der Waals surface area contributed by atoms with Crippen molar-refractivity contribution in [3.8, 4) is 23.4 Å². The summed E-state index contributed by atoms with van der Waals surface area (Å²) in [7, 11) is -2.56. The Hall–Kier alpha value is -4.14. The van der Waals surface area contributed by atoms with E-state index in [1.54, 1.807) is 4.72 Å². The minimum absolute atomic E-state index is 0.0106. The van der Waals surface area contributed by atoms with Crippen LogP contribution in [0.5, 0.6) is 23.4 Å². The van der Waals surface area contributed by atoms with E-state index in [9.17, 15) is 35.2 Å². The first-order chi connectivity index (χ1) is 21.5. The molecule has 0 atom stereocenters. The molecule has 0 saturated carbocycles. The van der Waals surface area contributed by atoms with Crippen LogP contribution < -0.4 is 23.7 Å². The van der Waals surface area contributed by atoms with Gasteiger partial charge >= 0.3 is 18.2 Å². The van der Waals surface area contributed by atoms with Crippen molar-refractivity contribution in [2.24, 2.45) is 0 Å². The topological polar surface area (TPSA) is 176 Å². The summed E-state index contributed by atoms with van der Waals surface area (Å²) in [6.45, 7) is -1.86. The number of halogens is 8. The quantitative estimate of drug-likeness (QED) is 0.154. The molecule has 0 fully saturated rings. The number of carbonyl (C=O) groups is 1. The van der Waals surface area contributed by atoms with Crippen LogP contribution in [-0.4, -0.2) is 77.9 Å². The molecule has 0 aliphatic carbocycles. The molecule has 4 rings (SSSR count). The molecule has 0 bridgehead atoms. The average molecular weight is 740 g/mol. The molecular formula is C23H18Cl3F5N6O8S. The highest BCUT2D eigenvalue weighted by Gasteiger charge is 2.40. The van der Waals surface area contributed by atoms with Crippen LogP contribution in [0.2, 0.25) is 15.2 Å². The minimum Gasteiger partial charge on any atom is -0.491 e. The molecule has 1 aromatic carbocycles. The number of methoxy groups -OCH3 is 2. The lowest BCUT2D eigenvalue weighted by molar-refractivity contribution is -0.140. The van der Waals surface area contributed by atoms with Gasteiger partial charge < -0.3 is 24.1 Å². The zero-order chi connectivity index (χ0) is 34.4. The predicted octanol–water partition coefficient (Wildman–Crippen LogP) is 5.11. The summed E-state index contributed by atoms with van der Waals surface area (Å²) in [6.07, 6.45) is -6.99. The van der Waals surface area contributed by atoms with Crippen molar-refractivity contribution in [2.45, 2.75) is 17.5 Å². The van der Waals surface area contributed by atoms with E-state index in [1.165, 1.54) is 26.5 Å². The van der Waals surface area contributed by atoms with Gasteiger partial charge in [-0.3, -0.25) is 0 Å². The second-order valence-corrected chi connectivity index (χ2v) is 10.9. The highest BCUT2D eigenvalue weighted by atomic mass is 35.5. The average Bonchev–Trinajstić information content (AvgIpc) is 3.39. The Balaban J connectivity index is 0.000000344. The molecule has 3 aromatic heterocycles. The Morgan fingerprint density at radius 2 is 1.76 bits per heavy atom.